The van der Waals surface area contributed by atoms with Gasteiger partial charge in [0.05, 0.1) is 5.56 Å². The number of rotatable bonds is 7. The predicted molar refractivity (Wildman–Crippen MR) is 107 cm³/mol. The summed E-state index contributed by atoms with van der Waals surface area (Å²) in [5.41, 5.74) is 2.77. The van der Waals surface area contributed by atoms with Gasteiger partial charge in [-0.05, 0) is 55.4 Å². The molecule has 0 aliphatic heterocycles. The number of nitrogens with one attached hydrogen (secondary N) is 1. The summed E-state index contributed by atoms with van der Waals surface area (Å²) in [5, 5.41) is 12.7. The molecule has 7 heteroatoms. The van der Waals surface area contributed by atoms with Gasteiger partial charge in [-0.3, -0.25) is 4.79 Å². The molecule has 2 aromatic rings. The molecule has 0 saturated carbocycles. The fraction of sp³-hybridized carbons (Fsp3) is 0.381. The fourth-order valence-corrected chi connectivity index (χ4v) is 4.34. The van der Waals surface area contributed by atoms with Crippen LogP contribution in [0.5, 0.6) is 5.75 Å². The lowest BCUT2D eigenvalue weighted by Crippen LogP contribution is -2.23. The van der Waals surface area contributed by atoms with Gasteiger partial charge in [0.2, 0.25) is 0 Å². The van der Waals surface area contributed by atoms with Crippen LogP contribution in [0, 0.1) is 11.3 Å². The van der Waals surface area contributed by atoms with Crippen LogP contribution < -0.4 is 10.1 Å². The van der Waals surface area contributed by atoms with Crippen LogP contribution >= 0.6 is 11.3 Å². The summed E-state index contributed by atoms with van der Waals surface area (Å²) in [5.74, 6) is -0.516. The number of nitriles is 1. The number of anilines is 1. The molecule has 1 aromatic carbocycles. The average molecular weight is 398 g/mol. The van der Waals surface area contributed by atoms with Gasteiger partial charge in [-0.15, -0.1) is 11.3 Å². The Bertz CT molecular complexity index is 896. The van der Waals surface area contributed by atoms with Crippen molar-refractivity contribution in [3.63, 3.8) is 0 Å². The normalized spacial score (nSPS) is 12.6. The first-order chi connectivity index (χ1) is 13.6. The molecule has 0 spiro atoms. The minimum absolute atomic E-state index is 0.268. The first kappa shape index (κ1) is 19.9. The van der Waals surface area contributed by atoms with Crippen molar-refractivity contribution in [3.05, 3.63) is 45.8 Å². The predicted octanol–water partition coefficient (Wildman–Crippen LogP) is 3.62. The summed E-state index contributed by atoms with van der Waals surface area (Å²) >= 11 is 1.44. The maximum Gasteiger partial charge on any atom is 0.344 e. The zero-order valence-electron chi connectivity index (χ0n) is 15.7. The number of amides is 1. The van der Waals surface area contributed by atoms with E-state index in [0.717, 1.165) is 42.5 Å². The van der Waals surface area contributed by atoms with Crippen LogP contribution in [-0.2, 0) is 33.6 Å². The molecule has 1 amide bonds. The van der Waals surface area contributed by atoms with E-state index in [4.69, 9.17) is 9.47 Å². The van der Waals surface area contributed by atoms with E-state index in [-0.39, 0.29) is 6.61 Å². The van der Waals surface area contributed by atoms with Gasteiger partial charge in [0.1, 0.15) is 16.8 Å². The van der Waals surface area contributed by atoms with Crippen LogP contribution in [0.3, 0.4) is 0 Å². The molecule has 1 aliphatic rings. The smallest absolute Gasteiger partial charge is 0.344 e. The Morgan fingerprint density at radius 1 is 1.18 bits per heavy atom. The number of ether oxygens (including phenoxy) is 2. The van der Waals surface area contributed by atoms with Crippen LogP contribution in [0.2, 0.25) is 0 Å². The minimum Gasteiger partial charge on any atom is -0.482 e. The highest BCUT2D eigenvalue weighted by Crippen LogP contribution is 2.37. The number of aryl methyl sites for hydroxylation is 2. The van der Waals surface area contributed by atoms with Gasteiger partial charge < -0.3 is 14.8 Å². The molecule has 0 bridgehead atoms. The third-order valence-corrected chi connectivity index (χ3v) is 5.80. The van der Waals surface area contributed by atoms with Gasteiger partial charge in [0.25, 0.3) is 5.91 Å². The number of nitrogens with zero attached hydrogens (tertiary/aromatic N) is 1. The number of fused-ring (bicyclic) bond motifs is 1. The Labute approximate surface area is 168 Å². The molecule has 0 unspecified atom stereocenters. The van der Waals surface area contributed by atoms with Crippen molar-refractivity contribution >= 4 is 28.2 Å². The molecule has 1 N–H and O–H groups in total. The molecule has 1 aromatic heterocycles. The van der Waals surface area contributed by atoms with Crippen LogP contribution in [0.25, 0.3) is 0 Å². The quantitative estimate of drug-likeness (QED) is 0.720. The van der Waals surface area contributed by atoms with E-state index in [0.29, 0.717) is 16.3 Å². The van der Waals surface area contributed by atoms with E-state index in [1.807, 2.05) is 12.1 Å². The standard InChI is InChI=1S/C21H22N2O4S/c1-2-14-7-9-15(10-8-14)26-13-20(25)27-12-19(24)23-21-17(11-22)16-5-3-4-6-18(16)28-21/h7-10H,2-6,12-13H2,1H3,(H,23,24). The Morgan fingerprint density at radius 2 is 1.93 bits per heavy atom. The molecule has 28 heavy (non-hydrogen) atoms. The highest BCUT2D eigenvalue weighted by atomic mass is 32.1. The first-order valence-electron chi connectivity index (χ1n) is 9.32. The number of hydrogen-bond acceptors (Lipinski definition) is 6. The van der Waals surface area contributed by atoms with E-state index < -0.39 is 18.5 Å². The largest absolute Gasteiger partial charge is 0.482 e. The van der Waals surface area contributed by atoms with Crippen LogP contribution in [-0.4, -0.2) is 25.1 Å². The summed E-state index contributed by atoms with van der Waals surface area (Å²) in [6.07, 6.45) is 4.90. The Morgan fingerprint density at radius 3 is 2.64 bits per heavy atom. The van der Waals surface area contributed by atoms with Gasteiger partial charge in [0, 0.05) is 4.88 Å². The topological polar surface area (TPSA) is 88.4 Å². The number of carbonyl (C=O) groups is 2. The molecule has 0 saturated heterocycles. The van der Waals surface area contributed by atoms with Crippen molar-refractivity contribution < 1.29 is 19.1 Å². The molecule has 6 nitrogen and oxygen atoms in total. The van der Waals surface area contributed by atoms with Crippen molar-refractivity contribution in [2.45, 2.75) is 39.0 Å². The number of carbonyl (C=O) groups excluding carboxylic acids is 2. The highest BCUT2D eigenvalue weighted by Gasteiger charge is 2.22. The molecule has 1 aliphatic carbocycles. The summed E-state index contributed by atoms with van der Waals surface area (Å²) < 4.78 is 10.3. The number of esters is 1. The van der Waals surface area contributed by atoms with Gasteiger partial charge in [0.15, 0.2) is 13.2 Å². The van der Waals surface area contributed by atoms with Crippen molar-refractivity contribution in [2.24, 2.45) is 0 Å². The van der Waals surface area contributed by atoms with Gasteiger partial charge in [-0.2, -0.15) is 5.26 Å². The second kappa shape index (κ2) is 9.38. The lowest BCUT2D eigenvalue weighted by Gasteiger charge is -2.09. The third-order valence-electron chi connectivity index (χ3n) is 4.59. The summed E-state index contributed by atoms with van der Waals surface area (Å²) in [6.45, 7) is 1.38. The molecular formula is C21H22N2O4S. The Kier molecular flexibility index (Phi) is 6.66. The second-order valence-corrected chi connectivity index (χ2v) is 7.63. The van der Waals surface area contributed by atoms with E-state index in [9.17, 15) is 14.9 Å². The maximum absolute atomic E-state index is 12.1. The Balaban J connectivity index is 1.47. The Hall–Kier alpha value is -2.85. The zero-order valence-corrected chi connectivity index (χ0v) is 16.6. The SMILES string of the molecule is CCc1ccc(OCC(=O)OCC(=O)Nc2sc3c(c2C#N)CCCC3)cc1. The highest BCUT2D eigenvalue weighted by molar-refractivity contribution is 7.16. The van der Waals surface area contributed by atoms with Crippen molar-refractivity contribution in [1.29, 1.82) is 5.26 Å². The van der Waals surface area contributed by atoms with E-state index in [1.165, 1.54) is 16.9 Å². The van der Waals surface area contributed by atoms with Crippen LogP contribution in [0.15, 0.2) is 24.3 Å². The molecule has 3 rings (SSSR count). The molecule has 0 atom stereocenters. The van der Waals surface area contributed by atoms with Crippen molar-refractivity contribution in [3.8, 4) is 11.8 Å². The lowest BCUT2D eigenvalue weighted by atomic mass is 9.96. The summed E-state index contributed by atoms with van der Waals surface area (Å²) in [7, 11) is 0. The van der Waals surface area contributed by atoms with E-state index in [2.05, 4.69) is 18.3 Å². The first-order valence-corrected chi connectivity index (χ1v) is 10.1. The monoisotopic (exact) mass is 398 g/mol. The molecule has 146 valence electrons. The number of benzene rings is 1. The third kappa shape index (κ3) is 4.90. The van der Waals surface area contributed by atoms with Crippen molar-refractivity contribution in [1.82, 2.24) is 0 Å². The molecule has 0 radical (unpaired) electrons. The second-order valence-electron chi connectivity index (χ2n) is 6.52. The van der Waals surface area contributed by atoms with Crippen molar-refractivity contribution in [2.75, 3.05) is 18.5 Å². The summed E-state index contributed by atoms with van der Waals surface area (Å²) in [4.78, 5) is 25.1. The molecular weight excluding hydrogens is 376 g/mol. The molecule has 0 fully saturated rings. The minimum atomic E-state index is -0.624. The van der Waals surface area contributed by atoms with Gasteiger partial charge >= 0.3 is 5.97 Å². The summed E-state index contributed by atoms with van der Waals surface area (Å²) in [6, 6.07) is 9.64. The maximum atomic E-state index is 12.1. The number of hydrogen-bond donors (Lipinski definition) is 1. The zero-order chi connectivity index (χ0) is 19.9. The average Bonchev–Trinajstić information content (AvgIpc) is 3.07. The van der Waals surface area contributed by atoms with Gasteiger partial charge in [-0.25, -0.2) is 4.79 Å². The number of thiophene rings is 1. The van der Waals surface area contributed by atoms with E-state index >= 15 is 0 Å². The molecule has 1 heterocycles. The fourth-order valence-electron chi connectivity index (χ4n) is 3.09. The lowest BCUT2D eigenvalue weighted by molar-refractivity contribution is -0.149. The van der Waals surface area contributed by atoms with Crippen LogP contribution in [0.4, 0.5) is 5.00 Å². The van der Waals surface area contributed by atoms with Crippen LogP contribution in [0.1, 0.15) is 41.3 Å². The van der Waals surface area contributed by atoms with E-state index in [1.54, 1.807) is 12.1 Å². The van der Waals surface area contributed by atoms with Gasteiger partial charge in [-0.1, -0.05) is 19.1 Å².